The van der Waals surface area contributed by atoms with Crippen molar-refractivity contribution in [2.75, 3.05) is 19.4 Å². The van der Waals surface area contributed by atoms with Crippen LogP contribution in [0.5, 0.6) is 0 Å². The third kappa shape index (κ3) is 4.01. The summed E-state index contributed by atoms with van der Waals surface area (Å²) in [6, 6.07) is 9.83. The minimum absolute atomic E-state index is 0.171. The molecule has 3 rings (SSSR count). The van der Waals surface area contributed by atoms with Crippen LogP contribution in [0.1, 0.15) is 15.4 Å². The Labute approximate surface area is 142 Å². The van der Waals surface area contributed by atoms with E-state index in [2.05, 4.69) is 15.3 Å². The molecule has 0 saturated heterocycles. The number of aromatic nitrogens is 2. The number of carbonyl (C=O) groups excluding carboxylic acids is 1. The van der Waals surface area contributed by atoms with E-state index in [0.717, 1.165) is 22.8 Å². The normalized spacial score (nSPS) is 10.9. The van der Waals surface area contributed by atoms with E-state index in [0.29, 0.717) is 10.0 Å². The van der Waals surface area contributed by atoms with Crippen LogP contribution in [0, 0.1) is 0 Å². The second-order valence-electron chi connectivity index (χ2n) is 5.23. The summed E-state index contributed by atoms with van der Waals surface area (Å²) in [5, 5.41) is 6.24. The Morgan fingerprint density at radius 1 is 1.26 bits per heavy atom. The van der Waals surface area contributed by atoms with Crippen LogP contribution in [-0.4, -0.2) is 34.9 Å². The lowest BCUT2D eigenvalue weighted by Gasteiger charge is -2.05. The third-order valence-electron chi connectivity index (χ3n) is 3.00. The van der Waals surface area contributed by atoms with Crippen molar-refractivity contribution in [1.29, 1.82) is 0 Å². The average Bonchev–Trinajstić information content (AvgIpc) is 3.17. The minimum Gasteiger partial charge on any atom is -0.304 e. The van der Waals surface area contributed by atoms with Gasteiger partial charge in [-0.25, -0.2) is 9.97 Å². The Morgan fingerprint density at radius 3 is 2.78 bits per heavy atom. The molecule has 2 heterocycles. The monoisotopic (exact) mass is 344 g/mol. The van der Waals surface area contributed by atoms with Gasteiger partial charge in [0.05, 0.1) is 11.9 Å². The van der Waals surface area contributed by atoms with Crippen LogP contribution in [0.3, 0.4) is 0 Å². The molecule has 0 fully saturated rings. The van der Waals surface area contributed by atoms with Crippen molar-refractivity contribution in [3.8, 4) is 10.6 Å². The van der Waals surface area contributed by atoms with Crippen LogP contribution < -0.4 is 5.32 Å². The molecular weight excluding hydrogens is 328 g/mol. The molecule has 118 valence electrons. The van der Waals surface area contributed by atoms with Crippen molar-refractivity contribution < 1.29 is 4.79 Å². The fourth-order valence-corrected chi connectivity index (χ4v) is 3.53. The third-order valence-corrected chi connectivity index (χ3v) is 4.85. The molecule has 1 N–H and O–H groups in total. The van der Waals surface area contributed by atoms with E-state index < -0.39 is 0 Å². The molecule has 7 heteroatoms. The van der Waals surface area contributed by atoms with Crippen molar-refractivity contribution in [2.24, 2.45) is 0 Å². The molecule has 0 spiro atoms. The highest BCUT2D eigenvalue weighted by molar-refractivity contribution is 7.17. The predicted molar refractivity (Wildman–Crippen MR) is 95.0 cm³/mol. The van der Waals surface area contributed by atoms with Gasteiger partial charge in [-0.15, -0.1) is 22.7 Å². The lowest BCUT2D eigenvalue weighted by molar-refractivity contribution is 0.103. The quantitative estimate of drug-likeness (QED) is 0.768. The van der Waals surface area contributed by atoms with Crippen molar-refractivity contribution in [2.45, 2.75) is 6.54 Å². The van der Waals surface area contributed by atoms with Crippen molar-refractivity contribution in [3.63, 3.8) is 0 Å². The molecule has 3 aromatic rings. The van der Waals surface area contributed by atoms with E-state index in [9.17, 15) is 4.79 Å². The van der Waals surface area contributed by atoms with Gasteiger partial charge in [-0.1, -0.05) is 30.3 Å². The minimum atomic E-state index is -0.171. The SMILES string of the molecule is CN(C)Cc1csc(NC(=O)c2cnc(-c3ccccc3)s2)n1. The number of benzene rings is 1. The van der Waals surface area contributed by atoms with E-state index in [4.69, 9.17) is 0 Å². The zero-order valence-electron chi connectivity index (χ0n) is 12.8. The lowest BCUT2D eigenvalue weighted by atomic mass is 10.2. The first-order valence-corrected chi connectivity index (χ1v) is 8.73. The summed E-state index contributed by atoms with van der Waals surface area (Å²) < 4.78 is 0. The first kappa shape index (κ1) is 15.8. The zero-order valence-corrected chi connectivity index (χ0v) is 14.4. The second kappa shape index (κ2) is 6.99. The molecule has 0 unspecified atom stereocenters. The molecular formula is C16H16N4OS2. The Morgan fingerprint density at radius 2 is 2.04 bits per heavy atom. The molecule has 5 nitrogen and oxygen atoms in total. The summed E-state index contributed by atoms with van der Waals surface area (Å²) in [5.41, 5.74) is 1.96. The number of hydrogen-bond donors (Lipinski definition) is 1. The largest absolute Gasteiger partial charge is 0.304 e. The van der Waals surface area contributed by atoms with E-state index in [1.54, 1.807) is 6.20 Å². The van der Waals surface area contributed by atoms with Gasteiger partial charge in [0.15, 0.2) is 5.13 Å². The first-order chi connectivity index (χ1) is 11.1. The fourth-order valence-electron chi connectivity index (χ4n) is 2.01. The summed E-state index contributed by atoms with van der Waals surface area (Å²) in [4.78, 5) is 23.7. The topological polar surface area (TPSA) is 58.1 Å². The maximum atomic E-state index is 12.3. The predicted octanol–water partition coefficient (Wildman–Crippen LogP) is 3.58. The first-order valence-electron chi connectivity index (χ1n) is 7.03. The van der Waals surface area contributed by atoms with Gasteiger partial charge in [-0.3, -0.25) is 10.1 Å². The average molecular weight is 344 g/mol. The Bertz CT molecular complexity index is 795. The van der Waals surface area contributed by atoms with Gasteiger partial charge >= 0.3 is 0 Å². The van der Waals surface area contributed by atoms with Gasteiger partial charge in [0.25, 0.3) is 5.91 Å². The number of carbonyl (C=O) groups is 1. The summed E-state index contributed by atoms with van der Waals surface area (Å²) in [7, 11) is 3.97. The Kier molecular flexibility index (Phi) is 4.80. The van der Waals surface area contributed by atoms with Crippen molar-refractivity contribution >= 4 is 33.7 Å². The summed E-state index contributed by atoms with van der Waals surface area (Å²) in [6.07, 6.45) is 1.61. The maximum Gasteiger partial charge on any atom is 0.269 e. The van der Waals surface area contributed by atoms with Crippen LogP contribution >= 0.6 is 22.7 Å². The second-order valence-corrected chi connectivity index (χ2v) is 7.12. The smallest absolute Gasteiger partial charge is 0.269 e. The van der Waals surface area contributed by atoms with Crippen LogP contribution in [-0.2, 0) is 6.54 Å². The Balaban J connectivity index is 1.69. The van der Waals surface area contributed by atoms with Gasteiger partial charge < -0.3 is 4.90 Å². The molecule has 0 bridgehead atoms. The highest BCUT2D eigenvalue weighted by atomic mass is 32.1. The molecule has 0 saturated carbocycles. The highest BCUT2D eigenvalue weighted by Gasteiger charge is 2.13. The Hall–Kier alpha value is -2.09. The molecule has 0 atom stereocenters. The summed E-state index contributed by atoms with van der Waals surface area (Å²) in [6.45, 7) is 0.755. The van der Waals surface area contributed by atoms with Crippen molar-refractivity contribution in [3.05, 3.63) is 52.5 Å². The number of nitrogens with zero attached hydrogens (tertiary/aromatic N) is 3. The van der Waals surface area contributed by atoms with Crippen LogP contribution in [0.15, 0.2) is 41.9 Å². The number of hydrogen-bond acceptors (Lipinski definition) is 6. The molecule has 2 aromatic heterocycles. The number of amides is 1. The van der Waals surface area contributed by atoms with Crippen LogP contribution in [0.25, 0.3) is 10.6 Å². The van der Waals surface area contributed by atoms with Crippen LogP contribution in [0.4, 0.5) is 5.13 Å². The molecule has 1 aromatic carbocycles. The van der Waals surface area contributed by atoms with E-state index in [1.807, 2.05) is 54.7 Å². The standard InChI is InChI=1S/C16H16N4OS2/c1-20(2)9-12-10-22-16(18-12)19-14(21)13-8-17-15(23-13)11-6-4-3-5-7-11/h3-8,10H,9H2,1-2H3,(H,18,19,21). The van der Waals surface area contributed by atoms with Gasteiger partial charge in [0.2, 0.25) is 0 Å². The number of rotatable bonds is 5. The maximum absolute atomic E-state index is 12.3. The zero-order chi connectivity index (χ0) is 16.2. The van der Waals surface area contributed by atoms with Gasteiger partial charge in [0.1, 0.15) is 9.88 Å². The van der Waals surface area contributed by atoms with Gasteiger partial charge in [0, 0.05) is 17.5 Å². The van der Waals surface area contributed by atoms with E-state index in [-0.39, 0.29) is 5.91 Å². The lowest BCUT2D eigenvalue weighted by Crippen LogP contribution is -2.12. The fraction of sp³-hybridized carbons (Fsp3) is 0.188. The molecule has 0 radical (unpaired) electrons. The summed E-state index contributed by atoms with van der Waals surface area (Å²) >= 11 is 2.81. The van der Waals surface area contributed by atoms with Gasteiger partial charge in [-0.2, -0.15) is 0 Å². The number of nitrogens with one attached hydrogen (secondary N) is 1. The number of thiazole rings is 2. The van der Waals surface area contributed by atoms with Crippen molar-refractivity contribution in [1.82, 2.24) is 14.9 Å². The van der Waals surface area contributed by atoms with E-state index in [1.165, 1.54) is 22.7 Å². The van der Waals surface area contributed by atoms with Gasteiger partial charge in [-0.05, 0) is 14.1 Å². The van der Waals surface area contributed by atoms with E-state index >= 15 is 0 Å². The molecule has 23 heavy (non-hydrogen) atoms. The summed E-state index contributed by atoms with van der Waals surface area (Å²) in [5.74, 6) is -0.171. The molecule has 1 amide bonds. The number of anilines is 1. The molecule has 0 aliphatic carbocycles. The highest BCUT2D eigenvalue weighted by Crippen LogP contribution is 2.26. The molecule has 0 aliphatic rings. The molecule has 0 aliphatic heterocycles. The van der Waals surface area contributed by atoms with Crippen LogP contribution in [0.2, 0.25) is 0 Å².